The maximum absolute atomic E-state index is 11.2. The Bertz CT molecular complexity index is 551. The fourth-order valence-corrected chi connectivity index (χ4v) is 1.47. The molecular weight excluding hydrogens is 248 g/mol. The zero-order valence-corrected chi connectivity index (χ0v) is 10.7. The van der Waals surface area contributed by atoms with Crippen LogP contribution < -0.4 is 5.32 Å². The Morgan fingerprint density at radius 3 is 2.84 bits per heavy atom. The molecule has 2 aromatic rings. The summed E-state index contributed by atoms with van der Waals surface area (Å²) in [6, 6.07) is 0. The summed E-state index contributed by atoms with van der Waals surface area (Å²) in [5, 5.41) is 10.9. The third-order valence-electron chi connectivity index (χ3n) is 2.51. The van der Waals surface area contributed by atoms with Crippen molar-refractivity contribution >= 4 is 11.8 Å². The number of aromatic nitrogens is 5. The number of hydrogen-bond acceptors (Lipinski definition) is 7. The molecule has 0 aliphatic heterocycles. The highest BCUT2D eigenvalue weighted by molar-refractivity contribution is 5.86. The first-order valence-corrected chi connectivity index (χ1v) is 5.68. The Hall–Kier alpha value is -2.51. The van der Waals surface area contributed by atoms with Crippen molar-refractivity contribution < 1.29 is 9.53 Å². The quantitative estimate of drug-likeness (QED) is 0.760. The van der Waals surface area contributed by atoms with Crippen molar-refractivity contribution in [2.24, 2.45) is 7.05 Å². The van der Waals surface area contributed by atoms with Crippen LogP contribution in [0.4, 0.5) is 5.82 Å². The molecule has 2 rings (SSSR count). The number of nitrogens with zero attached hydrogens (tertiary/aromatic N) is 5. The summed E-state index contributed by atoms with van der Waals surface area (Å²) in [6.45, 7) is 0.652. The lowest BCUT2D eigenvalue weighted by Crippen LogP contribution is -2.11. The van der Waals surface area contributed by atoms with Crippen LogP contribution in [0.5, 0.6) is 0 Å². The first-order valence-electron chi connectivity index (χ1n) is 5.68. The predicted molar refractivity (Wildman–Crippen MR) is 66.6 cm³/mol. The Morgan fingerprint density at radius 2 is 2.26 bits per heavy atom. The van der Waals surface area contributed by atoms with Gasteiger partial charge in [-0.15, -0.1) is 10.2 Å². The van der Waals surface area contributed by atoms with Gasteiger partial charge >= 0.3 is 5.97 Å². The van der Waals surface area contributed by atoms with Gasteiger partial charge in [0.2, 0.25) is 0 Å². The van der Waals surface area contributed by atoms with Gasteiger partial charge in [-0.25, -0.2) is 14.8 Å². The molecule has 0 atom stereocenters. The Kier molecular flexibility index (Phi) is 4.01. The molecule has 1 N–H and O–H groups in total. The third-order valence-corrected chi connectivity index (χ3v) is 2.51. The van der Waals surface area contributed by atoms with Gasteiger partial charge in [0.1, 0.15) is 18.0 Å². The number of rotatable bonds is 5. The van der Waals surface area contributed by atoms with Crippen molar-refractivity contribution in [1.82, 2.24) is 24.7 Å². The Morgan fingerprint density at radius 1 is 1.42 bits per heavy atom. The van der Waals surface area contributed by atoms with E-state index < -0.39 is 5.97 Å². The van der Waals surface area contributed by atoms with Gasteiger partial charge in [-0.2, -0.15) is 0 Å². The van der Waals surface area contributed by atoms with Crippen LogP contribution in [0.15, 0.2) is 18.7 Å². The van der Waals surface area contributed by atoms with Crippen LogP contribution in [0.3, 0.4) is 0 Å². The molecule has 0 bridgehead atoms. The van der Waals surface area contributed by atoms with Gasteiger partial charge in [-0.1, -0.05) is 0 Å². The minimum absolute atomic E-state index is 0.182. The van der Waals surface area contributed by atoms with Gasteiger partial charge in [0, 0.05) is 20.0 Å². The van der Waals surface area contributed by atoms with Crippen molar-refractivity contribution in [2.45, 2.75) is 6.42 Å². The molecule has 100 valence electrons. The second-order valence-corrected chi connectivity index (χ2v) is 3.81. The third kappa shape index (κ3) is 3.24. The summed E-state index contributed by atoms with van der Waals surface area (Å²) in [6.07, 6.45) is 5.23. The molecule has 0 radical (unpaired) electrons. The molecule has 0 amide bonds. The lowest BCUT2D eigenvalue weighted by molar-refractivity contribution is 0.0593. The predicted octanol–water partition coefficient (Wildman–Crippen LogP) is 0.0463. The van der Waals surface area contributed by atoms with E-state index in [2.05, 4.69) is 30.2 Å². The van der Waals surface area contributed by atoms with Crippen LogP contribution in [0.2, 0.25) is 0 Å². The molecule has 0 saturated heterocycles. The van der Waals surface area contributed by atoms with Crippen LogP contribution in [0.1, 0.15) is 16.3 Å². The van der Waals surface area contributed by atoms with E-state index in [1.54, 1.807) is 6.33 Å². The molecule has 0 fully saturated rings. The number of nitrogens with one attached hydrogen (secondary N) is 1. The Labute approximate surface area is 109 Å². The fourth-order valence-electron chi connectivity index (χ4n) is 1.47. The number of anilines is 1. The van der Waals surface area contributed by atoms with Crippen molar-refractivity contribution in [3.05, 3.63) is 30.2 Å². The summed E-state index contributed by atoms with van der Waals surface area (Å²) >= 11 is 0. The van der Waals surface area contributed by atoms with E-state index in [4.69, 9.17) is 0 Å². The number of esters is 1. The van der Waals surface area contributed by atoms with Crippen molar-refractivity contribution in [1.29, 1.82) is 0 Å². The van der Waals surface area contributed by atoms with Gasteiger partial charge in [0.15, 0.2) is 5.69 Å². The van der Waals surface area contributed by atoms with Crippen molar-refractivity contribution in [3.8, 4) is 0 Å². The summed E-state index contributed by atoms with van der Waals surface area (Å²) in [5.74, 6) is 0.972. The lowest BCUT2D eigenvalue weighted by atomic mass is 10.4. The molecular formula is C11H14N6O2. The number of aryl methyl sites for hydroxylation is 1. The monoisotopic (exact) mass is 262 g/mol. The molecule has 0 spiro atoms. The van der Waals surface area contributed by atoms with E-state index in [0.717, 1.165) is 12.2 Å². The second kappa shape index (κ2) is 5.89. The van der Waals surface area contributed by atoms with Crippen LogP contribution in [0.25, 0.3) is 0 Å². The van der Waals surface area contributed by atoms with Crippen molar-refractivity contribution in [2.75, 3.05) is 19.0 Å². The van der Waals surface area contributed by atoms with E-state index in [9.17, 15) is 4.79 Å². The van der Waals surface area contributed by atoms with E-state index in [-0.39, 0.29) is 5.69 Å². The molecule has 2 heterocycles. The maximum atomic E-state index is 11.2. The fraction of sp³-hybridized carbons (Fsp3) is 0.364. The van der Waals surface area contributed by atoms with Gasteiger partial charge in [-0.05, 0) is 0 Å². The van der Waals surface area contributed by atoms with Gasteiger partial charge < -0.3 is 14.6 Å². The largest absolute Gasteiger partial charge is 0.464 e. The van der Waals surface area contributed by atoms with E-state index in [1.807, 2.05) is 11.6 Å². The first-order chi connectivity index (χ1) is 9.20. The number of methoxy groups -OCH3 is 1. The lowest BCUT2D eigenvalue weighted by Gasteiger charge is -2.05. The van der Waals surface area contributed by atoms with Crippen LogP contribution in [-0.4, -0.2) is 44.4 Å². The zero-order valence-electron chi connectivity index (χ0n) is 10.7. The molecule has 0 aliphatic rings. The smallest absolute Gasteiger partial charge is 0.358 e. The standard InChI is InChI=1S/C11H14N6O2/c1-17-7-15-16-10(17)3-4-12-9-6-13-8(5-14-9)11(18)19-2/h5-7H,3-4H2,1-2H3,(H,12,14). The van der Waals surface area contributed by atoms with Crippen molar-refractivity contribution in [3.63, 3.8) is 0 Å². The van der Waals surface area contributed by atoms with Crippen LogP contribution >= 0.6 is 0 Å². The molecule has 0 aromatic carbocycles. The number of ether oxygens (including phenoxy) is 1. The van der Waals surface area contributed by atoms with E-state index in [0.29, 0.717) is 12.4 Å². The molecule has 2 aromatic heterocycles. The number of hydrogen-bond donors (Lipinski definition) is 1. The molecule has 8 heteroatoms. The summed E-state index contributed by atoms with van der Waals surface area (Å²) in [4.78, 5) is 19.2. The summed E-state index contributed by atoms with van der Waals surface area (Å²) in [5.41, 5.74) is 0.182. The highest BCUT2D eigenvalue weighted by Crippen LogP contribution is 2.02. The average Bonchev–Trinajstić information content (AvgIpc) is 2.84. The maximum Gasteiger partial charge on any atom is 0.358 e. The van der Waals surface area contributed by atoms with Gasteiger partial charge in [0.05, 0.1) is 19.5 Å². The van der Waals surface area contributed by atoms with Gasteiger partial charge in [0.25, 0.3) is 0 Å². The SMILES string of the molecule is COC(=O)c1cnc(NCCc2nncn2C)cn1. The Balaban J connectivity index is 1.86. The average molecular weight is 262 g/mol. The molecule has 8 nitrogen and oxygen atoms in total. The normalized spacial score (nSPS) is 10.2. The zero-order chi connectivity index (χ0) is 13.7. The summed E-state index contributed by atoms with van der Waals surface area (Å²) < 4.78 is 6.39. The minimum Gasteiger partial charge on any atom is -0.464 e. The molecule has 0 aliphatic carbocycles. The topological polar surface area (TPSA) is 94.8 Å². The number of carbonyl (C=O) groups is 1. The van der Waals surface area contributed by atoms with E-state index >= 15 is 0 Å². The highest BCUT2D eigenvalue weighted by atomic mass is 16.5. The first kappa shape index (κ1) is 12.9. The second-order valence-electron chi connectivity index (χ2n) is 3.81. The highest BCUT2D eigenvalue weighted by Gasteiger charge is 2.07. The molecule has 19 heavy (non-hydrogen) atoms. The minimum atomic E-state index is -0.502. The molecule has 0 saturated carbocycles. The molecule has 0 unspecified atom stereocenters. The van der Waals surface area contributed by atoms with Gasteiger partial charge in [-0.3, -0.25) is 0 Å². The van der Waals surface area contributed by atoms with Crippen LogP contribution in [0, 0.1) is 0 Å². The summed E-state index contributed by atoms with van der Waals surface area (Å²) in [7, 11) is 3.19. The number of carbonyl (C=O) groups excluding carboxylic acids is 1. The van der Waals surface area contributed by atoms with Crippen LogP contribution in [-0.2, 0) is 18.2 Å². The van der Waals surface area contributed by atoms with E-state index in [1.165, 1.54) is 19.5 Å².